The van der Waals surface area contributed by atoms with E-state index in [1.807, 2.05) is 0 Å². The second-order valence-corrected chi connectivity index (χ2v) is 20.0. The molecule has 0 aliphatic carbocycles. The van der Waals surface area contributed by atoms with Crippen LogP contribution >= 0.6 is 11.3 Å². The number of rotatable bonds is 20. The van der Waals surface area contributed by atoms with Crippen molar-refractivity contribution in [3.63, 3.8) is 0 Å². The van der Waals surface area contributed by atoms with E-state index in [-0.39, 0.29) is 39.8 Å². The van der Waals surface area contributed by atoms with Crippen molar-refractivity contribution in [3.05, 3.63) is 98.9 Å². The summed E-state index contributed by atoms with van der Waals surface area (Å²) < 4.78 is 68.1. The third kappa shape index (κ3) is 15.5. The number of pyridine rings is 1. The number of hydrogen-bond donors (Lipinski definition) is 4. The molecule has 71 heavy (non-hydrogen) atoms. The Morgan fingerprint density at radius 2 is 1.42 bits per heavy atom. The van der Waals surface area contributed by atoms with E-state index in [2.05, 4.69) is 26.1 Å². The van der Waals surface area contributed by atoms with Crippen molar-refractivity contribution in [3.8, 4) is 17.2 Å². The van der Waals surface area contributed by atoms with E-state index in [1.165, 1.54) is 44.4 Å². The summed E-state index contributed by atoms with van der Waals surface area (Å²) in [5.41, 5.74) is -3.63. The highest BCUT2D eigenvalue weighted by atomic mass is 32.2. The van der Waals surface area contributed by atoms with Crippen LogP contribution in [0.3, 0.4) is 0 Å². The highest BCUT2D eigenvalue weighted by Crippen LogP contribution is 2.26. The molecule has 0 saturated carbocycles. The lowest BCUT2D eigenvalue weighted by Crippen LogP contribution is -2.74. The lowest BCUT2D eigenvalue weighted by molar-refractivity contribution is -0.179. The molecule has 1 saturated heterocycles. The molecule has 0 spiro atoms. The average molecular weight is 1030 g/mol. The van der Waals surface area contributed by atoms with Crippen LogP contribution in [0, 0.1) is 0 Å². The van der Waals surface area contributed by atoms with Crippen molar-refractivity contribution in [1.82, 2.24) is 24.7 Å². The molecule has 1 aliphatic rings. The molecular formula is C45H55N7O17S2. The van der Waals surface area contributed by atoms with Gasteiger partial charge in [0, 0.05) is 18.0 Å². The number of nitrogens with zero attached hydrogens (tertiary/aromatic N) is 4. The third-order valence-electron chi connectivity index (χ3n) is 9.48. The van der Waals surface area contributed by atoms with E-state index < -0.39 is 93.5 Å². The number of benzene rings is 2. The van der Waals surface area contributed by atoms with Gasteiger partial charge in [0.2, 0.25) is 11.0 Å². The summed E-state index contributed by atoms with van der Waals surface area (Å²) >= 11 is 0.841. The van der Waals surface area contributed by atoms with Gasteiger partial charge in [0.15, 0.2) is 16.6 Å². The Morgan fingerprint density at radius 1 is 0.831 bits per heavy atom. The van der Waals surface area contributed by atoms with Crippen molar-refractivity contribution in [2.24, 2.45) is 5.16 Å². The maximum Gasteiger partial charge on any atom is 0.413 e. The number of amides is 4. The van der Waals surface area contributed by atoms with Crippen LogP contribution < -0.4 is 40.4 Å². The molecule has 2 atom stereocenters. The second-order valence-electron chi connectivity index (χ2n) is 17.9. The first-order valence-electron chi connectivity index (χ1n) is 21.4. The quantitative estimate of drug-likeness (QED) is 0.0241. The number of oxime groups is 1. The zero-order valence-corrected chi connectivity index (χ0v) is 42.1. The third-order valence-corrected chi connectivity index (χ3v) is 11.2. The standard InChI is InChI=1S/C45H55N7O17S2/c1-43(2,3)67-39(56)45(7,8)69-50-35(31-25-70-40(47-31)49-42(58)68-44(4,5)6)37(54)48-36-32(52(38(36)55)71(59,60)61)20-46-41(57)65-24-28-19-33(53)34(64-22-26-11-15-29(62-9)16-12-26)21-51(28)66-23-27-13-17-30(63-10)18-14-27/h11-19,21,25,32,36H,20,22-24H2,1-10H3,(H,46,57)(H,48,54)(H,47,49,58)(H,59,60,61)/b50-35-/t32-,36+/m1/s1. The molecule has 5 rings (SSSR count). The van der Waals surface area contributed by atoms with Gasteiger partial charge in [0.05, 0.1) is 32.2 Å². The second kappa shape index (κ2) is 22.5. The molecule has 0 unspecified atom stereocenters. The molecule has 2 aromatic carbocycles. The number of β-lactam (4-membered cyclic amide) rings is 1. The maximum atomic E-state index is 14.0. The lowest BCUT2D eigenvalue weighted by atomic mass is 9.98. The van der Waals surface area contributed by atoms with Gasteiger partial charge in [0.1, 0.15) is 54.3 Å². The molecule has 3 heterocycles. The summed E-state index contributed by atoms with van der Waals surface area (Å²) in [7, 11) is -2.22. The van der Waals surface area contributed by atoms with Crippen LogP contribution in [-0.4, -0.2) is 112 Å². The number of nitrogens with one attached hydrogen (secondary N) is 3. The minimum atomic E-state index is -5.27. The van der Waals surface area contributed by atoms with Crippen LogP contribution in [0.15, 0.2) is 76.1 Å². The van der Waals surface area contributed by atoms with Crippen molar-refractivity contribution in [2.45, 2.75) is 104 Å². The van der Waals surface area contributed by atoms with Gasteiger partial charge >= 0.3 is 28.5 Å². The van der Waals surface area contributed by atoms with E-state index in [9.17, 15) is 41.7 Å². The number of ether oxygens (including phenoxy) is 6. The SMILES string of the molecule is COc1ccc(COc2cn(OCc3ccc(OC)cc3)c(COC(=O)NC[C@@H]3[C@H](NC(=O)/C(=N\OC(C)(C)C(=O)OC(C)(C)C)c4csc(NC(=O)OC(C)(C)C)n4)C(=O)N3S(=O)(=O)O)cc2=O)cc1. The van der Waals surface area contributed by atoms with E-state index in [0.717, 1.165) is 23.0 Å². The van der Waals surface area contributed by atoms with E-state index in [1.54, 1.807) is 90.1 Å². The molecule has 0 bridgehead atoms. The molecule has 0 radical (unpaired) electrons. The summed E-state index contributed by atoms with van der Waals surface area (Å²) in [4.78, 5) is 94.8. The molecule has 24 nitrogen and oxygen atoms in total. The fraction of sp³-hybridized carbons (Fsp3) is 0.422. The summed E-state index contributed by atoms with van der Waals surface area (Å²) in [5.74, 6) is -2.25. The van der Waals surface area contributed by atoms with Crippen molar-refractivity contribution in [2.75, 3.05) is 26.1 Å². The fourth-order valence-corrected chi connectivity index (χ4v) is 7.57. The minimum absolute atomic E-state index is 0.00889. The summed E-state index contributed by atoms with van der Waals surface area (Å²) in [6, 6.07) is 11.6. The Bertz CT molecular complexity index is 2780. The fourth-order valence-electron chi connectivity index (χ4n) is 6.00. The van der Waals surface area contributed by atoms with Crippen molar-refractivity contribution >= 4 is 62.5 Å². The Hall–Kier alpha value is -7.45. The van der Waals surface area contributed by atoms with E-state index in [4.69, 9.17) is 38.1 Å². The topological polar surface area (TPSA) is 300 Å². The van der Waals surface area contributed by atoms with Crippen molar-refractivity contribution < 1.29 is 75.0 Å². The largest absolute Gasteiger partial charge is 0.497 e. The van der Waals surface area contributed by atoms with Gasteiger partial charge in [-0.25, -0.2) is 23.7 Å². The highest BCUT2D eigenvalue weighted by molar-refractivity contribution is 7.84. The van der Waals surface area contributed by atoms with Gasteiger partial charge in [-0.05, 0) is 90.8 Å². The summed E-state index contributed by atoms with van der Waals surface area (Å²) in [6.45, 7) is 11.0. The zero-order chi connectivity index (χ0) is 52.5. The number of esters is 1. The molecule has 1 fully saturated rings. The highest BCUT2D eigenvalue weighted by Gasteiger charge is 2.54. The monoisotopic (exact) mass is 1030 g/mol. The number of alkyl carbamates (subject to hydrolysis) is 1. The smallest absolute Gasteiger partial charge is 0.413 e. The van der Waals surface area contributed by atoms with Gasteiger partial charge in [-0.2, -0.15) is 13.1 Å². The molecule has 4 amide bonds. The predicted octanol–water partition coefficient (Wildman–Crippen LogP) is 4.14. The normalized spacial score (nSPS) is 15.1. The number of carbonyl (C=O) groups is 5. The van der Waals surface area contributed by atoms with Gasteiger partial charge in [0.25, 0.3) is 11.8 Å². The molecule has 2 aromatic heterocycles. The first-order chi connectivity index (χ1) is 33.2. The number of methoxy groups -OCH3 is 2. The van der Waals surface area contributed by atoms with Crippen LogP contribution in [-0.2, 0) is 63.6 Å². The molecule has 1 aliphatic heterocycles. The predicted molar refractivity (Wildman–Crippen MR) is 253 cm³/mol. The van der Waals surface area contributed by atoms with Crippen LogP contribution in [0.25, 0.3) is 0 Å². The molecule has 384 valence electrons. The van der Waals surface area contributed by atoms with Gasteiger partial charge in [-0.3, -0.25) is 24.3 Å². The van der Waals surface area contributed by atoms with Gasteiger partial charge < -0.3 is 48.7 Å². The first kappa shape index (κ1) is 54.5. The summed E-state index contributed by atoms with van der Waals surface area (Å²) in [5, 5.41) is 12.1. The Balaban J connectivity index is 1.33. The first-order valence-corrected chi connectivity index (χ1v) is 23.7. The molecule has 26 heteroatoms. The summed E-state index contributed by atoms with van der Waals surface area (Å²) in [6.07, 6.45) is -0.792. The lowest BCUT2D eigenvalue weighted by Gasteiger charge is -2.44. The number of anilines is 1. The van der Waals surface area contributed by atoms with Crippen LogP contribution in [0.1, 0.15) is 77.9 Å². The van der Waals surface area contributed by atoms with Crippen LogP contribution in [0.4, 0.5) is 14.7 Å². The van der Waals surface area contributed by atoms with Crippen molar-refractivity contribution in [1.29, 1.82) is 0 Å². The molecule has 4 aromatic rings. The number of hydrogen-bond acceptors (Lipinski definition) is 19. The average Bonchev–Trinajstić information content (AvgIpc) is 3.73. The number of aromatic nitrogens is 2. The van der Waals surface area contributed by atoms with Crippen LogP contribution in [0.5, 0.6) is 17.2 Å². The minimum Gasteiger partial charge on any atom is -0.497 e. The van der Waals surface area contributed by atoms with Crippen LogP contribution in [0.2, 0.25) is 0 Å². The van der Waals surface area contributed by atoms with Gasteiger partial charge in [-0.1, -0.05) is 29.4 Å². The van der Waals surface area contributed by atoms with E-state index >= 15 is 0 Å². The molecule has 4 N–H and O–H groups in total. The molecular weight excluding hydrogens is 975 g/mol. The Labute approximate surface area is 412 Å². The maximum absolute atomic E-state index is 14.0. The Kier molecular flexibility index (Phi) is 17.3. The van der Waals surface area contributed by atoms with Gasteiger partial charge in [-0.15, -0.1) is 11.3 Å². The van der Waals surface area contributed by atoms with E-state index in [0.29, 0.717) is 17.1 Å². The zero-order valence-electron chi connectivity index (χ0n) is 40.4. The number of carbonyl (C=O) groups excluding carboxylic acids is 5. The Morgan fingerprint density at radius 3 is 1.99 bits per heavy atom. The number of thiazole rings is 1.